The van der Waals surface area contributed by atoms with Crippen LogP contribution in [0.4, 0.5) is 5.69 Å². The maximum Gasteiger partial charge on any atom is 0.255 e. The Balaban J connectivity index is 2.04. The first-order chi connectivity index (χ1) is 9.20. The van der Waals surface area contributed by atoms with Crippen LogP contribution in [0.5, 0.6) is 0 Å². The Hall–Kier alpha value is -1.92. The lowest BCUT2D eigenvalue weighted by atomic mass is 10.1. The summed E-state index contributed by atoms with van der Waals surface area (Å²) in [5.41, 5.74) is 1.84. The number of anilines is 1. The van der Waals surface area contributed by atoms with Gasteiger partial charge in [-0.3, -0.25) is 4.79 Å². The molecular formula is C13H16N2O4. The van der Waals surface area contributed by atoms with Gasteiger partial charge in [0.15, 0.2) is 6.10 Å². The van der Waals surface area contributed by atoms with E-state index in [1.807, 2.05) is 0 Å². The summed E-state index contributed by atoms with van der Waals surface area (Å²) in [6.07, 6.45) is -0.579. The SMILES string of the molecule is C/C(=N/O)c1cccc(NC(=O)C2COCCO2)c1. The zero-order chi connectivity index (χ0) is 13.7. The third-order valence-corrected chi connectivity index (χ3v) is 2.81. The summed E-state index contributed by atoms with van der Waals surface area (Å²) in [7, 11) is 0. The molecule has 0 radical (unpaired) electrons. The fraction of sp³-hybridized carbons (Fsp3) is 0.385. The molecule has 1 aliphatic rings. The van der Waals surface area contributed by atoms with Crippen molar-refractivity contribution in [3.63, 3.8) is 0 Å². The normalized spacial score (nSPS) is 20.1. The average Bonchev–Trinajstić information content (AvgIpc) is 2.47. The highest BCUT2D eigenvalue weighted by atomic mass is 16.6. The second-order valence-corrected chi connectivity index (χ2v) is 4.19. The molecule has 0 aromatic heterocycles. The predicted octanol–water partition coefficient (Wildman–Crippen LogP) is 1.24. The number of amides is 1. The van der Waals surface area contributed by atoms with Gasteiger partial charge in [-0.25, -0.2) is 0 Å². The molecule has 1 heterocycles. The smallest absolute Gasteiger partial charge is 0.255 e. The van der Waals surface area contributed by atoms with E-state index >= 15 is 0 Å². The van der Waals surface area contributed by atoms with Gasteiger partial charge in [0.1, 0.15) is 0 Å². The van der Waals surface area contributed by atoms with Crippen LogP contribution in [0.25, 0.3) is 0 Å². The maximum absolute atomic E-state index is 11.9. The van der Waals surface area contributed by atoms with Gasteiger partial charge in [-0.2, -0.15) is 0 Å². The van der Waals surface area contributed by atoms with Gasteiger partial charge in [0.05, 0.1) is 25.5 Å². The zero-order valence-corrected chi connectivity index (χ0v) is 10.6. The first kappa shape index (κ1) is 13.5. The molecule has 0 spiro atoms. The molecule has 1 fully saturated rings. The Kier molecular flexibility index (Phi) is 4.48. The first-order valence-electron chi connectivity index (χ1n) is 6.00. The highest BCUT2D eigenvalue weighted by molar-refractivity contribution is 6.00. The largest absolute Gasteiger partial charge is 0.411 e. The van der Waals surface area contributed by atoms with Crippen LogP contribution in [-0.4, -0.2) is 42.8 Å². The van der Waals surface area contributed by atoms with E-state index in [0.29, 0.717) is 24.6 Å². The number of carbonyl (C=O) groups excluding carboxylic acids is 1. The van der Waals surface area contributed by atoms with Crippen LogP contribution in [0.15, 0.2) is 29.4 Å². The van der Waals surface area contributed by atoms with Gasteiger partial charge in [0.25, 0.3) is 5.91 Å². The van der Waals surface area contributed by atoms with Crippen molar-refractivity contribution in [2.45, 2.75) is 13.0 Å². The highest BCUT2D eigenvalue weighted by Crippen LogP contribution is 2.13. The quantitative estimate of drug-likeness (QED) is 0.489. The maximum atomic E-state index is 11.9. The van der Waals surface area contributed by atoms with E-state index in [4.69, 9.17) is 14.7 Å². The second-order valence-electron chi connectivity index (χ2n) is 4.19. The minimum absolute atomic E-state index is 0.240. The lowest BCUT2D eigenvalue weighted by Crippen LogP contribution is -2.39. The molecule has 1 atom stereocenters. The number of hydrogen-bond acceptors (Lipinski definition) is 5. The van der Waals surface area contributed by atoms with Gasteiger partial charge in [0, 0.05) is 11.3 Å². The number of nitrogens with zero attached hydrogens (tertiary/aromatic N) is 1. The minimum atomic E-state index is -0.579. The van der Waals surface area contributed by atoms with Gasteiger partial charge >= 0.3 is 0 Å². The molecule has 2 rings (SSSR count). The van der Waals surface area contributed by atoms with Crippen LogP contribution < -0.4 is 5.32 Å². The number of benzene rings is 1. The molecule has 0 aliphatic carbocycles. The summed E-state index contributed by atoms with van der Waals surface area (Å²) in [5.74, 6) is -0.240. The van der Waals surface area contributed by atoms with Gasteiger partial charge < -0.3 is 20.0 Å². The van der Waals surface area contributed by atoms with Crippen LogP contribution >= 0.6 is 0 Å². The molecule has 2 N–H and O–H groups in total. The average molecular weight is 264 g/mol. The van der Waals surface area contributed by atoms with Crippen LogP contribution in [0.3, 0.4) is 0 Å². The van der Waals surface area contributed by atoms with Crippen molar-refractivity contribution < 1.29 is 19.5 Å². The number of oxime groups is 1. The van der Waals surface area contributed by atoms with E-state index in [9.17, 15) is 4.79 Å². The van der Waals surface area contributed by atoms with Crippen molar-refractivity contribution in [2.24, 2.45) is 5.16 Å². The van der Waals surface area contributed by atoms with E-state index in [2.05, 4.69) is 10.5 Å². The van der Waals surface area contributed by atoms with Crippen LogP contribution in [-0.2, 0) is 14.3 Å². The van der Waals surface area contributed by atoms with Crippen molar-refractivity contribution >= 4 is 17.3 Å². The predicted molar refractivity (Wildman–Crippen MR) is 69.6 cm³/mol. The number of rotatable bonds is 3. The monoisotopic (exact) mass is 264 g/mol. The Morgan fingerprint density at radius 3 is 3.00 bits per heavy atom. The third-order valence-electron chi connectivity index (χ3n) is 2.81. The van der Waals surface area contributed by atoms with E-state index in [-0.39, 0.29) is 12.5 Å². The number of hydrogen-bond donors (Lipinski definition) is 2. The van der Waals surface area contributed by atoms with Crippen LogP contribution in [0.1, 0.15) is 12.5 Å². The van der Waals surface area contributed by atoms with E-state index < -0.39 is 6.10 Å². The molecule has 6 nitrogen and oxygen atoms in total. The number of ether oxygens (including phenoxy) is 2. The summed E-state index contributed by atoms with van der Waals surface area (Å²) in [5, 5.41) is 14.6. The summed E-state index contributed by atoms with van der Waals surface area (Å²) in [4.78, 5) is 11.9. The summed E-state index contributed by atoms with van der Waals surface area (Å²) >= 11 is 0. The van der Waals surface area contributed by atoms with Crippen molar-refractivity contribution in [3.05, 3.63) is 29.8 Å². The highest BCUT2D eigenvalue weighted by Gasteiger charge is 2.22. The molecular weight excluding hydrogens is 248 g/mol. The topological polar surface area (TPSA) is 80.2 Å². The standard InChI is InChI=1S/C13H16N2O4/c1-9(15-17)10-3-2-4-11(7-10)14-13(16)12-8-18-5-6-19-12/h2-4,7,12,17H,5-6,8H2,1H3,(H,14,16)/b15-9-. The number of nitrogens with one attached hydrogen (secondary N) is 1. The summed E-state index contributed by atoms with van der Waals surface area (Å²) in [6.45, 7) is 2.89. The minimum Gasteiger partial charge on any atom is -0.411 e. The Labute approximate surface area is 111 Å². The second kappa shape index (κ2) is 6.31. The Bertz CT molecular complexity index is 481. The van der Waals surface area contributed by atoms with Crippen molar-refractivity contribution in [1.29, 1.82) is 0 Å². The zero-order valence-electron chi connectivity index (χ0n) is 10.6. The fourth-order valence-corrected chi connectivity index (χ4v) is 1.74. The lowest BCUT2D eigenvalue weighted by Gasteiger charge is -2.22. The molecule has 1 amide bonds. The van der Waals surface area contributed by atoms with Crippen molar-refractivity contribution in [3.8, 4) is 0 Å². The molecule has 19 heavy (non-hydrogen) atoms. The lowest BCUT2D eigenvalue weighted by molar-refractivity contribution is -0.142. The van der Waals surface area contributed by atoms with Crippen LogP contribution in [0, 0.1) is 0 Å². The molecule has 1 unspecified atom stereocenters. The van der Waals surface area contributed by atoms with Gasteiger partial charge in [-0.1, -0.05) is 17.3 Å². The Morgan fingerprint density at radius 1 is 1.47 bits per heavy atom. The molecule has 6 heteroatoms. The molecule has 1 aromatic carbocycles. The van der Waals surface area contributed by atoms with Crippen LogP contribution in [0.2, 0.25) is 0 Å². The van der Waals surface area contributed by atoms with Crippen molar-refractivity contribution in [1.82, 2.24) is 0 Å². The molecule has 102 valence electrons. The van der Waals surface area contributed by atoms with E-state index in [0.717, 1.165) is 5.56 Å². The Morgan fingerprint density at radius 2 is 2.32 bits per heavy atom. The molecule has 1 aliphatic heterocycles. The number of carbonyl (C=O) groups is 1. The van der Waals surface area contributed by atoms with Gasteiger partial charge in [-0.05, 0) is 19.1 Å². The van der Waals surface area contributed by atoms with Gasteiger partial charge in [0.2, 0.25) is 0 Å². The van der Waals surface area contributed by atoms with E-state index in [1.165, 1.54) is 0 Å². The van der Waals surface area contributed by atoms with Gasteiger partial charge in [-0.15, -0.1) is 0 Å². The molecule has 0 bridgehead atoms. The summed E-state index contributed by atoms with van der Waals surface area (Å²) in [6, 6.07) is 7.06. The first-order valence-corrected chi connectivity index (χ1v) is 6.00. The van der Waals surface area contributed by atoms with E-state index in [1.54, 1.807) is 31.2 Å². The molecule has 1 saturated heterocycles. The molecule has 0 saturated carbocycles. The summed E-state index contributed by atoms with van der Waals surface area (Å²) < 4.78 is 10.5. The fourth-order valence-electron chi connectivity index (χ4n) is 1.74. The third kappa shape index (κ3) is 3.52. The van der Waals surface area contributed by atoms with Crippen molar-refractivity contribution in [2.75, 3.05) is 25.1 Å². The molecule has 1 aromatic rings.